The van der Waals surface area contributed by atoms with Gasteiger partial charge in [0.15, 0.2) is 11.5 Å². The van der Waals surface area contributed by atoms with Gasteiger partial charge in [-0.25, -0.2) is 4.79 Å². The van der Waals surface area contributed by atoms with Crippen molar-refractivity contribution in [3.8, 4) is 0 Å². The highest BCUT2D eigenvalue weighted by molar-refractivity contribution is 8.23. The third-order valence-electron chi connectivity index (χ3n) is 7.26. The minimum absolute atomic E-state index is 0.0577. The monoisotopic (exact) mass is 583 g/mol. The Morgan fingerprint density at radius 3 is 2.60 bits per heavy atom. The van der Waals surface area contributed by atoms with Crippen LogP contribution >= 0.6 is 23.5 Å². The van der Waals surface area contributed by atoms with Crippen LogP contribution in [-0.4, -0.2) is 73.9 Å². The molecule has 210 valence electrons. The van der Waals surface area contributed by atoms with Gasteiger partial charge in [0.25, 0.3) is 5.69 Å². The number of amides is 1. The molecule has 0 spiro atoms. The SMILES string of the molecule is CC[C@H](O)[C@@H]1C(=O)N2C(C(=O)OCc3ccc([N+](=O)[O-])cc3)=C(S[C@@H]3CCN(CC(=O)c4ccccc4)C3)S[C@H]12. The molecule has 40 heavy (non-hydrogen) atoms. The number of hydrogen-bond acceptors (Lipinski definition) is 10. The van der Waals surface area contributed by atoms with Crippen molar-refractivity contribution < 1.29 is 29.2 Å². The summed E-state index contributed by atoms with van der Waals surface area (Å²) in [5.41, 5.74) is 1.38. The van der Waals surface area contributed by atoms with Crippen molar-refractivity contribution in [3.05, 3.63) is 85.8 Å². The van der Waals surface area contributed by atoms with Gasteiger partial charge in [-0.05, 0) is 37.1 Å². The van der Waals surface area contributed by atoms with Gasteiger partial charge in [-0.2, -0.15) is 0 Å². The maximum atomic E-state index is 13.3. The first-order chi connectivity index (χ1) is 19.3. The molecule has 2 aromatic rings. The number of thioether (sulfide) groups is 2. The summed E-state index contributed by atoms with van der Waals surface area (Å²) in [6, 6.07) is 14.9. The lowest BCUT2D eigenvalue weighted by Crippen LogP contribution is -2.61. The summed E-state index contributed by atoms with van der Waals surface area (Å²) in [4.78, 5) is 52.9. The number of esters is 1. The zero-order chi connectivity index (χ0) is 28.4. The van der Waals surface area contributed by atoms with E-state index in [1.807, 2.05) is 37.3 Å². The standard InChI is InChI=1S/C28H29N3O7S2/c1-2-21(32)23-25(34)30-24(27(35)38-16-17-8-10-19(11-9-17)31(36)37)28(40-26(23)30)39-20-12-13-29(14-20)15-22(33)18-6-4-3-5-7-18/h3-11,20-21,23,26,32H,2,12-16H2,1H3/t20-,21+,23-,26-/m1/s1. The van der Waals surface area contributed by atoms with Crippen LogP contribution in [0.3, 0.4) is 0 Å². The summed E-state index contributed by atoms with van der Waals surface area (Å²) in [6.07, 6.45) is 0.451. The third kappa shape index (κ3) is 5.80. The Balaban J connectivity index is 1.27. The number of hydrogen-bond donors (Lipinski definition) is 1. The molecule has 0 radical (unpaired) electrons. The lowest BCUT2D eigenvalue weighted by Gasteiger charge is -2.44. The number of ether oxygens (including phenoxy) is 1. The second kappa shape index (κ2) is 12.1. The minimum atomic E-state index is -0.797. The van der Waals surface area contributed by atoms with Crippen molar-refractivity contribution in [2.45, 2.75) is 43.1 Å². The largest absolute Gasteiger partial charge is 0.456 e. The number of β-lactam (4-membered cyclic amide) rings is 1. The van der Waals surface area contributed by atoms with Crippen LogP contribution in [0.5, 0.6) is 0 Å². The highest BCUT2D eigenvalue weighted by Crippen LogP contribution is 2.55. The van der Waals surface area contributed by atoms with E-state index < -0.39 is 22.9 Å². The van der Waals surface area contributed by atoms with Gasteiger partial charge in [-0.15, -0.1) is 11.8 Å². The molecule has 0 aliphatic carbocycles. The van der Waals surface area contributed by atoms with Crippen LogP contribution in [0.2, 0.25) is 0 Å². The molecule has 3 aliphatic heterocycles. The van der Waals surface area contributed by atoms with Gasteiger partial charge in [-0.3, -0.25) is 29.5 Å². The number of carbonyl (C=O) groups is 3. The molecule has 0 bridgehead atoms. The first-order valence-corrected chi connectivity index (χ1v) is 14.8. The van der Waals surface area contributed by atoms with E-state index in [0.29, 0.717) is 34.9 Å². The average Bonchev–Trinajstić information content (AvgIpc) is 3.54. The van der Waals surface area contributed by atoms with Gasteiger partial charge < -0.3 is 9.84 Å². The highest BCUT2D eigenvalue weighted by Gasteiger charge is 2.58. The number of nitro groups is 1. The van der Waals surface area contributed by atoms with Crippen molar-refractivity contribution in [1.82, 2.24) is 9.80 Å². The molecule has 0 aromatic heterocycles. The van der Waals surface area contributed by atoms with E-state index in [-0.39, 0.29) is 40.3 Å². The van der Waals surface area contributed by atoms with Crippen LogP contribution in [0.15, 0.2) is 64.5 Å². The van der Waals surface area contributed by atoms with Crippen LogP contribution in [0.4, 0.5) is 5.69 Å². The minimum Gasteiger partial charge on any atom is -0.456 e. The number of carbonyl (C=O) groups excluding carboxylic acids is 3. The van der Waals surface area contributed by atoms with Crippen LogP contribution < -0.4 is 0 Å². The molecule has 1 N–H and O–H groups in total. The highest BCUT2D eigenvalue weighted by atomic mass is 32.2. The average molecular weight is 584 g/mol. The van der Waals surface area contributed by atoms with Gasteiger partial charge >= 0.3 is 5.97 Å². The molecule has 4 atom stereocenters. The van der Waals surface area contributed by atoms with Crippen molar-refractivity contribution >= 4 is 46.9 Å². The van der Waals surface area contributed by atoms with Crippen LogP contribution in [0.1, 0.15) is 35.7 Å². The molecule has 0 unspecified atom stereocenters. The number of nitrogens with zero attached hydrogens (tertiary/aromatic N) is 3. The summed E-state index contributed by atoms with van der Waals surface area (Å²) in [7, 11) is 0. The second-order valence-corrected chi connectivity index (χ2v) is 12.6. The van der Waals surface area contributed by atoms with Gasteiger partial charge in [0, 0.05) is 29.5 Å². The molecular weight excluding hydrogens is 554 g/mol. The van der Waals surface area contributed by atoms with E-state index in [0.717, 1.165) is 13.0 Å². The fourth-order valence-electron chi connectivity index (χ4n) is 5.03. The topological polar surface area (TPSA) is 130 Å². The van der Waals surface area contributed by atoms with Gasteiger partial charge in [0.05, 0.1) is 27.7 Å². The second-order valence-electron chi connectivity index (χ2n) is 9.91. The number of benzene rings is 2. The normalized spacial score (nSPS) is 23.1. The van der Waals surface area contributed by atoms with E-state index in [9.17, 15) is 29.6 Å². The van der Waals surface area contributed by atoms with Crippen LogP contribution in [-0.2, 0) is 20.9 Å². The zero-order valence-electron chi connectivity index (χ0n) is 21.8. The fraction of sp³-hybridized carbons (Fsp3) is 0.393. The number of likely N-dealkylation sites (tertiary alicyclic amines) is 1. The van der Waals surface area contributed by atoms with Crippen molar-refractivity contribution in [1.29, 1.82) is 0 Å². The van der Waals surface area contributed by atoms with Gasteiger partial charge in [0.2, 0.25) is 5.91 Å². The zero-order valence-corrected chi connectivity index (χ0v) is 23.4. The molecule has 10 nitrogen and oxygen atoms in total. The molecule has 0 saturated carbocycles. The Hall–Kier alpha value is -3.19. The predicted molar refractivity (Wildman–Crippen MR) is 151 cm³/mol. The number of Topliss-reactive ketones (excluding diaryl/α,β-unsaturated/α-hetero) is 1. The van der Waals surface area contributed by atoms with E-state index in [1.54, 1.807) is 0 Å². The summed E-state index contributed by atoms with van der Waals surface area (Å²) < 4.78 is 6.23. The molecular formula is C28H29N3O7S2. The molecule has 2 aromatic carbocycles. The Kier molecular flexibility index (Phi) is 8.60. The number of non-ortho nitro benzene ring substituents is 1. The van der Waals surface area contributed by atoms with Crippen LogP contribution in [0.25, 0.3) is 0 Å². The molecule has 2 saturated heterocycles. The lowest BCUT2D eigenvalue weighted by molar-refractivity contribution is -0.384. The summed E-state index contributed by atoms with van der Waals surface area (Å²) >= 11 is 2.92. The van der Waals surface area contributed by atoms with E-state index >= 15 is 0 Å². The van der Waals surface area contributed by atoms with Crippen molar-refractivity contribution in [2.24, 2.45) is 5.92 Å². The van der Waals surface area contributed by atoms with Crippen molar-refractivity contribution in [2.75, 3.05) is 19.6 Å². The molecule has 1 amide bonds. The summed E-state index contributed by atoms with van der Waals surface area (Å²) in [5.74, 6) is -1.48. The number of fused-ring (bicyclic) bond motifs is 1. The fourth-order valence-corrected chi connectivity index (χ4v) is 8.33. The number of ketones is 1. The Morgan fingerprint density at radius 2 is 1.93 bits per heavy atom. The molecule has 5 rings (SSSR count). The third-order valence-corrected chi connectivity index (χ3v) is 10.1. The van der Waals surface area contributed by atoms with E-state index in [1.165, 1.54) is 52.7 Å². The van der Waals surface area contributed by atoms with Gasteiger partial charge in [-0.1, -0.05) is 49.0 Å². The van der Waals surface area contributed by atoms with Gasteiger partial charge in [0.1, 0.15) is 12.0 Å². The van der Waals surface area contributed by atoms with E-state index in [4.69, 9.17) is 4.74 Å². The molecule has 3 aliphatic rings. The molecule has 12 heteroatoms. The molecule has 3 heterocycles. The maximum absolute atomic E-state index is 13.3. The van der Waals surface area contributed by atoms with E-state index in [2.05, 4.69) is 4.90 Å². The lowest BCUT2D eigenvalue weighted by atomic mass is 9.90. The first kappa shape index (κ1) is 28.3. The van der Waals surface area contributed by atoms with Crippen molar-refractivity contribution in [3.63, 3.8) is 0 Å². The number of rotatable bonds is 11. The number of aliphatic hydroxyl groups is 1. The Labute approximate surface area is 239 Å². The maximum Gasteiger partial charge on any atom is 0.357 e. The Morgan fingerprint density at radius 1 is 1.20 bits per heavy atom. The molecule has 2 fully saturated rings. The summed E-state index contributed by atoms with van der Waals surface area (Å²) in [5, 5.41) is 21.1. The predicted octanol–water partition coefficient (Wildman–Crippen LogP) is 3.80. The number of aliphatic hydroxyl groups excluding tert-OH is 1. The Bertz CT molecular complexity index is 1340. The number of nitro benzene ring substituents is 1. The first-order valence-electron chi connectivity index (χ1n) is 13.1. The quantitative estimate of drug-likeness (QED) is 0.137. The summed E-state index contributed by atoms with van der Waals surface area (Å²) in [6.45, 7) is 3.44. The smallest absolute Gasteiger partial charge is 0.357 e. The van der Waals surface area contributed by atoms with Crippen LogP contribution in [0, 0.1) is 16.0 Å².